The van der Waals surface area contributed by atoms with Gasteiger partial charge in [0.1, 0.15) is 5.00 Å². The van der Waals surface area contributed by atoms with E-state index in [9.17, 15) is 9.59 Å². The summed E-state index contributed by atoms with van der Waals surface area (Å²) < 4.78 is 11.0. The molecule has 0 aliphatic heterocycles. The van der Waals surface area contributed by atoms with Gasteiger partial charge in [0, 0.05) is 4.88 Å². The van der Waals surface area contributed by atoms with E-state index in [0.717, 1.165) is 31.2 Å². The molecule has 1 aliphatic rings. The normalized spacial score (nSPS) is 16.4. The van der Waals surface area contributed by atoms with Gasteiger partial charge >= 0.3 is 5.97 Å². The van der Waals surface area contributed by atoms with Crippen LogP contribution in [0.25, 0.3) is 0 Å². The van der Waals surface area contributed by atoms with Gasteiger partial charge in [0.05, 0.1) is 12.2 Å². The Morgan fingerprint density at radius 2 is 2.20 bits per heavy atom. The van der Waals surface area contributed by atoms with Gasteiger partial charge in [-0.1, -0.05) is 13.3 Å². The van der Waals surface area contributed by atoms with Gasteiger partial charge in [0.15, 0.2) is 10.4 Å². The van der Waals surface area contributed by atoms with Crippen molar-refractivity contribution in [3.05, 3.63) is 38.6 Å². The van der Waals surface area contributed by atoms with Gasteiger partial charge in [0.2, 0.25) is 0 Å². The molecule has 1 N–H and O–H groups in total. The summed E-state index contributed by atoms with van der Waals surface area (Å²) in [4.78, 5) is 26.1. The zero-order chi connectivity index (χ0) is 18.0. The van der Waals surface area contributed by atoms with Crippen molar-refractivity contribution in [1.82, 2.24) is 0 Å². The number of fused-ring (bicyclic) bond motifs is 1. The number of halogens is 1. The Morgan fingerprint density at radius 1 is 1.40 bits per heavy atom. The van der Waals surface area contributed by atoms with E-state index in [0.29, 0.717) is 27.8 Å². The molecule has 2 aromatic heterocycles. The quantitative estimate of drug-likeness (QED) is 0.680. The van der Waals surface area contributed by atoms with Gasteiger partial charge in [-0.05, 0) is 65.7 Å². The molecule has 2 heterocycles. The van der Waals surface area contributed by atoms with Crippen molar-refractivity contribution >= 4 is 44.1 Å². The summed E-state index contributed by atoms with van der Waals surface area (Å²) in [7, 11) is 0. The third-order valence-corrected chi connectivity index (χ3v) is 6.04. The van der Waals surface area contributed by atoms with Gasteiger partial charge in [-0.25, -0.2) is 4.79 Å². The molecule has 0 unspecified atom stereocenters. The molecule has 0 bridgehead atoms. The molecule has 0 radical (unpaired) electrons. The second kappa shape index (κ2) is 7.74. The Hall–Kier alpha value is -1.60. The molecule has 0 saturated carbocycles. The summed E-state index contributed by atoms with van der Waals surface area (Å²) in [5.74, 6) is 0.0815. The van der Waals surface area contributed by atoms with Crippen LogP contribution in [0.1, 0.15) is 58.0 Å². The summed E-state index contributed by atoms with van der Waals surface area (Å²) in [6, 6.07) is 3.25. The fraction of sp³-hybridized carbons (Fsp3) is 0.444. The van der Waals surface area contributed by atoms with Crippen LogP contribution in [0.4, 0.5) is 5.00 Å². The molecule has 0 saturated heterocycles. The van der Waals surface area contributed by atoms with E-state index in [1.54, 1.807) is 19.1 Å². The predicted molar refractivity (Wildman–Crippen MR) is 100 cm³/mol. The highest BCUT2D eigenvalue weighted by Gasteiger charge is 2.30. The first-order valence-electron chi connectivity index (χ1n) is 8.41. The number of carbonyl (C=O) groups excluding carboxylic acids is 2. The summed E-state index contributed by atoms with van der Waals surface area (Å²) in [5.41, 5.74) is 1.54. The third-order valence-electron chi connectivity index (χ3n) is 4.45. The number of furan rings is 1. The predicted octanol–water partition coefficient (Wildman–Crippen LogP) is 5.05. The lowest BCUT2D eigenvalue weighted by Crippen LogP contribution is -2.17. The first kappa shape index (κ1) is 18.2. The number of esters is 1. The topological polar surface area (TPSA) is 68.5 Å². The number of amides is 1. The summed E-state index contributed by atoms with van der Waals surface area (Å²) in [6.45, 7) is 4.27. The maximum Gasteiger partial charge on any atom is 0.341 e. The van der Waals surface area contributed by atoms with E-state index in [2.05, 4.69) is 28.2 Å². The highest BCUT2D eigenvalue weighted by molar-refractivity contribution is 9.10. The number of ether oxygens (including phenoxy) is 1. The summed E-state index contributed by atoms with van der Waals surface area (Å²) >= 11 is 4.67. The average Bonchev–Trinajstić information content (AvgIpc) is 3.17. The Labute approximate surface area is 158 Å². The van der Waals surface area contributed by atoms with E-state index in [-0.39, 0.29) is 17.6 Å². The molecule has 2 aromatic rings. The standard InChI is InChI=1S/C18H20BrNO4S/c1-3-10-5-6-11-13(9-10)25-17(15(11)18(22)23-4-2)20-16(21)12-7-8-14(19)24-12/h7-8,10H,3-6,9H2,1-2H3,(H,20,21)/t10-/m0/s1. The van der Waals surface area contributed by atoms with Crippen molar-refractivity contribution in [1.29, 1.82) is 0 Å². The minimum atomic E-state index is -0.373. The highest BCUT2D eigenvalue weighted by Crippen LogP contribution is 2.41. The Balaban J connectivity index is 1.93. The van der Waals surface area contributed by atoms with Gasteiger partial charge in [0.25, 0.3) is 5.91 Å². The molecule has 0 spiro atoms. The van der Waals surface area contributed by atoms with Crippen molar-refractivity contribution in [2.75, 3.05) is 11.9 Å². The molecule has 1 aliphatic carbocycles. The number of carbonyl (C=O) groups is 2. The third kappa shape index (κ3) is 3.82. The van der Waals surface area contributed by atoms with Crippen molar-refractivity contribution < 1.29 is 18.7 Å². The van der Waals surface area contributed by atoms with E-state index in [1.807, 2.05) is 0 Å². The van der Waals surface area contributed by atoms with Crippen LogP contribution < -0.4 is 5.32 Å². The second-order valence-electron chi connectivity index (χ2n) is 6.00. The number of nitrogens with one attached hydrogen (secondary N) is 1. The molecular weight excluding hydrogens is 406 g/mol. The molecule has 7 heteroatoms. The summed E-state index contributed by atoms with van der Waals surface area (Å²) in [5, 5.41) is 3.39. The minimum Gasteiger partial charge on any atom is -0.462 e. The Bertz CT molecular complexity index is 795. The van der Waals surface area contributed by atoms with Gasteiger partial charge in [-0.3, -0.25) is 4.79 Å². The molecule has 1 amide bonds. The number of thiophene rings is 1. The van der Waals surface area contributed by atoms with Crippen molar-refractivity contribution in [3.8, 4) is 0 Å². The largest absolute Gasteiger partial charge is 0.462 e. The van der Waals surface area contributed by atoms with Crippen LogP contribution in [-0.2, 0) is 17.6 Å². The fourth-order valence-corrected chi connectivity index (χ4v) is 4.76. The number of anilines is 1. The van der Waals surface area contributed by atoms with E-state index in [1.165, 1.54) is 16.2 Å². The van der Waals surface area contributed by atoms with E-state index < -0.39 is 0 Å². The van der Waals surface area contributed by atoms with E-state index in [4.69, 9.17) is 9.15 Å². The van der Waals surface area contributed by atoms with Crippen LogP contribution in [0.5, 0.6) is 0 Å². The molecule has 3 rings (SSSR count). The number of hydrogen-bond acceptors (Lipinski definition) is 5. The fourth-order valence-electron chi connectivity index (χ4n) is 3.11. The smallest absolute Gasteiger partial charge is 0.341 e. The van der Waals surface area contributed by atoms with Crippen LogP contribution in [-0.4, -0.2) is 18.5 Å². The van der Waals surface area contributed by atoms with Crippen LogP contribution >= 0.6 is 27.3 Å². The van der Waals surface area contributed by atoms with Gasteiger partial charge in [-0.2, -0.15) is 0 Å². The van der Waals surface area contributed by atoms with Crippen molar-refractivity contribution in [3.63, 3.8) is 0 Å². The van der Waals surface area contributed by atoms with Crippen LogP contribution in [0.15, 0.2) is 21.2 Å². The average molecular weight is 426 g/mol. The zero-order valence-corrected chi connectivity index (χ0v) is 16.6. The maximum atomic E-state index is 12.5. The molecule has 0 aromatic carbocycles. The van der Waals surface area contributed by atoms with Gasteiger partial charge < -0.3 is 14.5 Å². The zero-order valence-electron chi connectivity index (χ0n) is 14.2. The SMILES string of the molecule is CCOC(=O)c1c(NC(=O)c2ccc(Br)o2)sc2c1CC[C@H](CC)C2. The highest BCUT2D eigenvalue weighted by atomic mass is 79.9. The molecular formula is C18H20BrNO4S. The summed E-state index contributed by atoms with van der Waals surface area (Å²) in [6.07, 6.45) is 3.98. The molecule has 134 valence electrons. The molecule has 1 atom stereocenters. The van der Waals surface area contributed by atoms with Crippen LogP contribution in [0.3, 0.4) is 0 Å². The van der Waals surface area contributed by atoms with Gasteiger partial charge in [-0.15, -0.1) is 11.3 Å². The number of rotatable bonds is 5. The lowest BCUT2D eigenvalue weighted by Gasteiger charge is -2.20. The second-order valence-corrected chi connectivity index (χ2v) is 7.89. The minimum absolute atomic E-state index is 0.194. The first-order valence-corrected chi connectivity index (χ1v) is 10.0. The number of hydrogen-bond donors (Lipinski definition) is 1. The monoisotopic (exact) mass is 425 g/mol. The van der Waals surface area contributed by atoms with E-state index >= 15 is 0 Å². The molecule has 5 nitrogen and oxygen atoms in total. The lowest BCUT2D eigenvalue weighted by atomic mass is 9.85. The van der Waals surface area contributed by atoms with Crippen molar-refractivity contribution in [2.24, 2.45) is 5.92 Å². The maximum absolute atomic E-state index is 12.5. The Kier molecular flexibility index (Phi) is 5.64. The first-order chi connectivity index (χ1) is 12.0. The molecule has 0 fully saturated rings. The van der Waals surface area contributed by atoms with Crippen molar-refractivity contribution in [2.45, 2.75) is 39.5 Å². The Morgan fingerprint density at radius 3 is 2.84 bits per heavy atom. The van der Waals surface area contributed by atoms with Crippen LogP contribution in [0.2, 0.25) is 0 Å². The lowest BCUT2D eigenvalue weighted by molar-refractivity contribution is 0.0526. The molecule has 25 heavy (non-hydrogen) atoms. The van der Waals surface area contributed by atoms with Crippen LogP contribution in [0, 0.1) is 5.92 Å².